The maximum absolute atomic E-state index is 12.4. The molecule has 0 aromatic carbocycles. The summed E-state index contributed by atoms with van der Waals surface area (Å²) < 4.78 is 2.17. The van der Waals surface area contributed by atoms with E-state index in [2.05, 4.69) is 44.1 Å². The Morgan fingerprint density at radius 3 is 2.59 bits per heavy atom. The van der Waals surface area contributed by atoms with Gasteiger partial charge in [-0.1, -0.05) is 42.4 Å². The summed E-state index contributed by atoms with van der Waals surface area (Å²) in [5.74, 6) is 2.35. The Morgan fingerprint density at radius 2 is 1.89 bits per heavy atom. The number of hydrogen-bond donors (Lipinski definition) is 1. The molecule has 0 spiro atoms. The van der Waals surface area contributed by atoms with Gasteiger partial charge in [0.05, 0.1) is 5.75 Å². The van der Waals surface area contributed by atoms with Gasteiger partial charge in [0.2, 0.25) is 11.0 Å². The highest BCUT2D eigenvalue weighted by molar-refractivity contribution is 7.99. The molecule has 1 N–H and O–H groups in total. The number of rotatable bonds is 7. The number of carbonyl (C=O) groups is 1. The average Bonchev–Trinajstić information content (AvgIpc) is 3.25. The predicted octanol–water partition coefficient (Wildman–Crippen LogP) is 4.37. The molecule has 2 heterocycles. The van der Waals surface area contributed by atoms with Gasteiger partial charge in [0.15, 0.2) is 5.16 Å². The second-order valence-corrected chi connectivity index (χ2v) is 9.65. The summed E-state index contributed by atoms with van der Waals surface area (Å²) in [6.45, 7) is 4.26. The molecule has 146 valence electrons. The van der Waals surface area contributed by atoms with Crippen molar-refractivity contribution < 1.29 is 4.79 Å². The molecule has 0 unspecified atom stereocenters. The van der Waals surface area contributed by atoms with Gasteiger partial charge in [0, 0.05) is 17.9 Å². The molecular formula is C18H26N6OS2. The number of carbonyl (C=O) groups excluding carboxylic acids is 1. The largest absolute Gasteiger partial charge is 0.303 e. The van der Waals surface area contributed by atoms with Crippen molar-refractivity contribution in [2.45, 2.75) is 81.8 Å². The molecule has 2 aliphatic carbocycles. The lowest BCUT2D eigenvalue weighted by molar-refractivity contribution is -0.113. The molecule has 0 bridgehead atoms. The van der Waals surface area contributed by atoms with Crippen LogP contribution in [0.15, 0.2) is 5.16 Å². The monoisotopic (exact) mass is 406 g/mol. The summed E-state index contributed by atoms with van der Waals surface area (Å²) in [4.78, 5) is 12.4. The molecule has 2 aromatic heterocycles. The summed E-state index contributed by atoms with van der Waals surface area (Å²) in [5.41, 5.74) is 0. The minimum atomic E-state index is -0.0716. The van der Waals surface area contributed by atoms with Crippen LogP contribution in [-0.2, 0) is 4.79 Å². The van der Waals surface area contributed by atoms with E-state index in [0.29, 0.717) is 28.8 Å². The highest BCUT2D eigenvalue weighted by Crippen LogP contribution is 2.41. The molecule has 2 aromatic rings. The average molecular weight is 407 g/mol. The van der Waals surface area contributed by atoms with Crippen molar-refractivity contribution in [3.05, 3.63) is 10.8 Å². The molecule has 0 atom stereocenters. The van der Waals surface area contributed by atoms with Gasteiger partial charge < -0.3 is 4.57 Å². The summed E-state index contributed by atoms with van der Waals surface area (Å²) in [6, 6.07) is 0.294. The Kier molecular flexibility index (Phi) is 5.77. The zero-order valence-corrected chi connectivity index (χ0v) is 17.5. The van der Waals surface area contributed by atoms with E-state index in [-0.39, 0.29) is 5.91 Å². The van der Waals surface area contributed by atoms with Crippen molar-refractivity contribution >= 4 is 34.1 Å². The first-order valence-corrected chi connectivity index (χ1v) is 11.6. The summed E-state index contributed by atoms with van der Waals surface area (Å²) in [6.07, 6.45) is 8.61. The van der Waals surface area contributed by atoms with Gasteiger partial charge in [0.1, 0.15) is 10.8 Å². The van der Waals surface area contributed by atoms with E-state index in [9.17, 15) is 4.79 Å². The van der Waals surface area contributed by atoms with Gasteiger partial charge in [-0.05, 0) is 39.5 Å². The third-order valence-corrected chi connectivity index (χ3v) is 7.07. The minimum absolute atomic E-state index is 0.0716. The van der Waals surface area contributed by atoms with Crippen LogP contribution in [0.3, 0.4) is 0 Å². The van der Waals surface area contributed by atoms with E-state index in [0.717, 1.165) is 16.0 Å². The van der Waals surface area contributed by atoms with Gasteiger partial charge in [-0.2, -0.15) is 0 Å². The molecule has 0 aliphatic heterocycles. The lowest BCUT2D eigenvalue weighted by atomic mass is 9.90. The van der Waals surface area contributed by atoms with Crippen molar-refractivity contribution in [3.8, 4) is 0 Å². The van der Waals surface area contributed by atoms with Crippen molar-refractivity contribution in [2.24, 2.45) is 0 Å². The molecule has 2 aliphatic rings. The first kappa shape index (κ1) is 18.9. The molecule has 2 fully saturated rings. The van der Waals surface area contributed by atoms with E-state index in [1.807, 2.05) is 0 Å². The van der Waals surface area contributed by atoms with Crippen LogP contribution >= 0.6 is 23.1 Å². The fraction of sp³-hybridized carbons (Fsp3) is 0.722. The van der Waals surface area contributed by atoms with E-state index in [4.69, 9.17) is 0 Å². The van der Waals surface area contributed by atoms with Crippen molar-refractivity contribution in [2.75, 3.05) is 11.1 Å². The number of anilines is 1. The zero-order chi connectivity index (χ0) is 18.8. The number of aromatic nitrogens is 5. The van der Waals surface area contributed by atoms with Crippen LogP contribution in [0.4, 0.5) is 5.13 Å². The highest BCUT2D eigenvalue weighted by atomic mass is 32.2. The molecule has 0 radical (unpaired) electrons. The van der Waals surface area contributed by atoms with Gasteiger partial charge in [0.25, 0.3) is 0 Å². The molecule has 4 rings (SSSR count). The molecule has 27 heavy (non-hydrogen) atoms. The van der Waals surface area contributed by atoms with Crippen LogP contribution in [0.25, 0.3) is 0 Å². The van der Waals surface area contributed by atoms with Crippen molar-refractivity contribution in [1.82, 2.24) is 25.0 Å². The summed E-state index contributed by atoms with van der Waals surface area (Å²) in [7, 11) is 0. The maximum Gasteiger partial charge on any atom is 0.236 e. The van der Waals surface area contributed by atoms with E-state index in [1.54, 1.807) is 0 Å². The third kappa shape index (κ3) is 4.51. The Balaban J connectivity index is 1.33. The lowest BCUT2D eigenvalue weighted by Gasteiger charge is -2.18. The van der Waals surface area contributed by atoms with Crippen LogP contribution in [0.5, 0.6) is 0 Å². The standard InChI is InChI=1S/C18H26N6OS2/c1-11(2)24-15(12-8-9-12)20-23-18(24)26-10-14(25)19-17-22-21-16(27-17)13-6-4-3-5-7-13/h11-13H,3-10H2,1-2H3,(H,19,22,25). The quantitative estimate of drug-likeness (QED) is 0.687. The van der Waals surface area contributed by atoms with Gasteiger partial charge in [-0.3, -0.25) is 10.1 Å². The summed E-state index contributed by atoms with van der Waals surface area (Å²) in [5, 5.41) is 22.5. The fourth-order valence-corrected chi connectivity index (χ4v) is 5.38. The van der Waals surface area contributed by atoms with Crippen LogP contribution in [0.2, 0.25) is 0 Å². The van der Waals surface area contributed by atoms with E-state index in [1.165, 1.54) is 68.0 Å². The Hall–Kier alpha value is -1.48. The second kappa shape index (κ2) is 8.26. The SMILES string of the molecule is CC(C)n1c(SCC(=O)Nc2nnc(C3CCCCC3)s2)nnc1C1CC1. The first-order valence-electron chi connectivity index (χ1n) is 9.82. The first-order chi connectivity index (χ1) is 13.1. The summed E-state index contributed by atoms with van der Waals surface area (Å²) >= 11 is 2.95. The van der Waals surface area contributed by atoms with E-state index < -0.39 is 0 Å². The Labute approximate surface area is 167 Å². The molecule has 1 amide bonds. The molecule has 7 nitrogen and oxygen atoms in total. The zero-order valence-electron chi connectivity index (χ0n) is 15.8. The fourth-order valence-electron chi connectivity index (χ4n) is 3.58. The molecule has 9 heteroatoms. The second-order valence-electron chi connectivity index (χ2n) is 7.70. The minimum Gasteiger partial charge on any atom is -0.303 e. The highest BCUT2D eigenvalue weighted by Gasteiger charge is 2.31. The van der Waals surface area contributed by atoms with Crippen molar-refractivity contribution in [1.29, 1.82) is 0 Å². The van der Waals surface area contributed by atoms with Crippen LogP contribution in [0, 0.1) is 0 Å². The smallest absolute Gasteiger partial charge is 0.236 e. The number of amides is 1. The number of nitrogens with zero attached hydrogens (tertiary/aromatic N) is 5. The van der Waals surface area contributed by atoms with Crippen molar-refractivity contribution in [3.63, 3.8) is 0 Å². The topological polar surface area (TPSA) is 85.6 Å². The predicted molar refractivity (Wildman–Crippen MR) is 107 cm³/mol. The number of nitrogens with one attached hydrogen (secondary N) is 1. The Morgan fingerprint density at radius 1 is 1.11 bits per heavy atom. The van der Waals surface area contributed by atoms with Gasteiger partial charge in [-0.25, -0.2) is 0 Å². The van der Waals surface area contributed by atoms with Crippen LogP contribution < -0.4 is 5.32 Å². The molecular weight excluding hydrogens is 380 g/mol. The Bertz CT molecular complexity index is 792. The van der Waals surface area contributed by atoms with Crippen LogP contribution in [0.1, 0.15) is 87.5 Å². The van der Waals surface area contributed by atoms with Gasteiger partial charge in [-0.15, -0.1) is 20.4 Å². The molecule has 2 saturated carbocycles. The normalized spacial score (nSPS) is 18.2. The number of thioether (sulfide) groups is 1. The van der Waals surface area contributed by atoms with E-state index >= 15 is 0 Å². The van der Waals surface area contributed by atoms with Gasteiger partial charge >= 0.3 is 0 Å². The maximum atomic E-state index is 12.4. The van der Waals surface area contributed by atoms with Crippen LogP contribution in [-0.4, -0.2) is 36.6 Å². The lowest BCUT2D eigenvalue weighted by Crippen LogP contribution is -2.15. The third-order valence-electron chi connectivity index (χ3n) is 5.12. The number of hydrogen-bond acceptors (Lipinski definition) is 7. The molecule has 0 saturated heterocycles.